The van der Waals surface area contributed by atoms with Crippen molar-refractivity contribution in [3.63, 3.8) is 0 Å². The standard InChI is InChI=1S/C16H26O3/c1-14(2)8-13(19-10-17)16-7-5-12(18)15(3,9-16)6-4-11(14)16/h10-13,18H,4-9H2,1-3H3/t11-,12+,13-,15+,16-/m0/s1. The molecule has 3 fully saturated rings. The predicted octanol–water partition coefficient (Wildman–Crippen LogP) is 2.91. The molecule has 1 N–H and O–H groups in total. The average molecular weight is 266 g/mol. The Morgan fingerprint density at radius 1 is 1.21 bits per heavy atom. The first-order chi connectivity index (χ1) is 8.84. The highest BCUT2D eigenvalue weighted by molar-refractivity contribution is 5.38. The molecule has 108 valence electrons. The molecule has 5 atom stereocenters. The van der Waals surface area contributed by atoms with Crippen LogP contribution in [0.4, 0.5) is 0 Å². The number of carbonyl (C=O) groups is 1. The van der Waals surface area contributed by atoms with Crippen molar-refractivity contribution in [1.82, 2.24) is 0 Å². The van der Waals surface area contributed by atoms with Crippen molar-refractivity contribution < 1.29 is 14.6 Å². The van der Waals surface area contributed by atoms with Gasteiger partial charge >= 0.3 is 0 Å². The molecule has 1 spiro atoms. The van der Waals surface area contributed by atoms with E-state index in [0.29, 0.717) is 12.4 Å². The molecule has 0 aromatic carbocycles. The van der Waals surface area contributed by atoms with E-state index in [-0.39, 0.29) is 28.5 Å². The van der Waals surface area contributed by atoms with Gasteiger partial charge in [-0.25, -0.2) is 0 Å². The van der Waals surface area contributed by atoms with Crippen LogP contribution in [-0.2, 0) is 9.53 Å². The van der Waals surface area contributed by atoms with E-state index in [9.17, 15) is 9.90 Å². The Bertz CT molecular complexity index is 391. The lowest BCUT2D eigenvalue weighted by Gasteiger charge is -2.57. The molecule has 0 radical (unpaired) electrons. The molecule has 0 saturated heterocycles. The predicted molar refractivity (Wildman–Crippen MR) is 72.5 cm³/mol. The number of aliphatic hydroxyl groups is 1. The maximum absolute atomic E-state index is 10.9. The summed E-state index contributed by atoms with van der Waals surface area (Å²) in [6.45, 7) is 7.50. The fourth-order valence-corrected chi connectivity index (χ4v) is 5.77. The Balaban J connectivity index is 1.99. The maximum atomic E-state index is 10.9. The highest BCUT2D eigenvalue weighted by Gasteiger charge is 2.65. The van der Waals surface area contributed by atoms with Gasteiger partial charge in [-0.15, -0.1) is 0 Å². The van der Waals surface area contributed by atoms with Crippen LogP contribution in [0.5, 0.6) is 0 Å². The molecule has 3 saturated carbocycles. The van der Waals surface area contributed by atoms with Crippen LogP contribution < -0.4 is 0 Å². The van der Waals surface area contributed by atoms with Crippen molar-refractivity contribution >= 4 is 6.47 Å². The highest BCUT2D eigenvalue weighted by Crippen LogP contribution is 2.69. The molecule has 0 aromatic heterocycles. The van der Waals surface area contributed by atoms with Gasteiger partial charge in [0.1, 0.15) is 6.10 Å². The van der Waals surface area contributed by atoms with Crippen molar-refractivity contribution in [2.24, 2.45) is 22.2 Å². The molecule has 3 aliphatic carbocycles. The van der Waals surface area contributed by atoms with E-state index < -0.39 is 0 Å². The summed E-state index contributed by atoms with van der Waals surface area (Å²) in [5.41, 5.74) is 0.396. The fraction of sp³-hybridized carbons (Fsp3) is 0.938. The molecule has 3 heteroatoms. The Kier molecular flexibility index (Phi) is 2.80. The molecular formula is C16H26O3. The molecule has 0 unspecified atom stereocenters. The zero-order valence-electron chi connectivity index (χ0n) is 12.3. The number of fused-ring (bicyclic) bond motifs is 1. The van der Waals surface area contributed by atoms with E-state index in [0.717, 1.165) is 32.1 Å². The number of hydrogen-bond donors (Lipinski definition) is 1. The van der Waals surface area contributed by atoms with Gasteiger partial charge < -0.3 is 9.84 Å². The smallest absolute Gasteiger partial charge is 0.293 e. The second kappa shape index (κ2) is 3.97. The van der Waals surface area contributed by atoms with Crippen molar-refractivity contribution in [2.75, 3.05) is 0 Å². The van der Waals surface area contributed by atoms with Crippen LogP contribution in [0.3, 0.4) is 0 Å². The van der Waals surface area contributed by atoms with Crippen LogP contribution in [0.25, 0.3) is 0 Å². The lowest BCUT2D eigenvalue weighted by Crippen LogP contribution is -2.54. The zero-order chi connectivity index (χ0) is 13.9. The number of hydrogen-bond acceptors (Lipinski definition) is 3. The van der Waals surface area contributed by atoms with E-state index in [4.69, 9.17) is 4.74 Å². The Labute approximate surface area is 115 Å². The molecule has 3 rings (SSSR count). The van der Waals surface area contributed by atoms with Gasteiger partial charge in [0.25, 0.3) is 6.47 Å². The molecule has 0 heterocycles. The third-order valence-corrected chi connectivity index (χ3v) is 6.63. The van der Waals surface area contributed by atoms with Crippen LogP contribution in [-0.4, -0.2) is 23.8 Å². The number of aliphatic hydroxyl groups excluding tert-OH is 1. The second-order valence-electron chi connectivity index (χ2n) is 8.12. The van der Waals surface area contributed by atoms with E-state index >= 15 is 0 Å². The Morgan fingerprint density at radius 2 is 1.95 bits per heavy atom. The van der Waals surface area contributed by atoms with Crippen LogP contribution in [0.15, 0.2) is 0 Å². The summed E-state index contributed by atoms with van der Waals surface area (Å²) in [7, 11) is 0. The maximum Gasteiger partial charge on any atom is 0.293 e. The van der Waals surface area contributed by atoms with E-state index in [1.54, 1.807) is 0 Å². The van der Waals surface area contributed by atoms with Gasteiger partial charge in [-0.1, -0.05) is 20.8 Å². The van der Waals surface area contributed by atoms with Crippen molar-refractivity contribution in [1.29, 1.82) is 0 Å². The van der Waals surface area contributed by atoms with Crippen LogP contribution in [0.2, 0.25) is 0 Å². The highest BCUT2D eigenvalue weighted by atomic mass is 16.5. The fourth-order valence-electron chi connectivity index (χ4n) is 5.77. The topological polar surface area (TPSA) is 46.5 Å². The first kappa shape index (κ1) is 13.4. The minimum atomic E-state index is -0.181. The quantitative estimate of drug-likeness (QED) is 0.782. The zero-order valence-corrected chi connectivity index (χ0v) is 12.3. The largest absolute Gasteiger partial charge is 0.464 e. The van der Waals surface area contributed by atoms with Crippen LogP contribution in [0, 0.1) is 22.2 Å². The minimum Gasteiger partial charge on any atom is -0.464 e. The van der Waals surface area contributed by atoms with Crippen molar-refractivity contribution in [3.05, 3.63) is 0 Å². The van der Waals surface area contributed by atoms with Gasteiger partial charge in [-0.05, 0) is 55.3 Å². The molecule has 0 aromatic rings. The van der Waals surface area contributed by atoms with Crippen LogP contribution >= 0.6 is 0 Å². The third-order valence-electron chi connectivity index (χ3n) is 6.63. The molecule has 2 bridgehead atoms. The molecular weight excluding hydrogens is 240 g/mol. The summed E-state index contributed by atoms with van der Waals surface area (Å²) in [5, 5.41) is 10.3. The van der Waals surface area contributed by atoms with Gasteiger partial charge in [0.05, 0.1) is 6.10 Å². The summed E-state index contributed by atoms with van der Waals surface area (Å²) < 4.78 is 5.50. The summed E-state index contributed by atoms with van der Waals surface area (Å²) in [4.78, 5) is 10.9. The SMILES string of the molecule is CC1(C)C[C@H](OC=O)[C@]23CC[C@@H](O)[C@](C)(CC[C@@H]12)C3. The first-order valence-electron chi connectivity index (χ1n) is 7.61. The lowest BCUT2D eigenvalue weighted by molar-refractivity contribution is -0.164. The van der Waals surface area contributed by atoms with Gasteiger partial charge in [0.15, 0.2) is 0 Å². The van der Waals surface area contributed by atoms with Gasteiger partial charge in [0, 0.05) is 5.41 Å². The third kappa shape index (κ3) is 1.70. The molecule has 3 aliphatic rings. The molecule has 3 nitrogen and oxygen atoms in total. The Morgan fingerprint density at radius 3 is 2.63 bits per heavy atom. The summed E-state index contributed by atoms with van der Waals surface area (Å²) in [6, 6.07) is 0. The minimum absolute atomic E-state index is 0.0274. The van der Waals surface area contributed by atoms with Crippen molar-refractivity contribution in [2.45, 2.75) is 71.5 Å². The average Bonchev–Trinajstić information content (AvgIpc) is 2.53. The first-order valence-corrected chi connectivity index (χ1v) is 7.61. The Hall–Kier alpha value is -0.570. The summed E-state index contributed by atoms with van der Waals surface area (Å²) in [6.07, 6.45) is 6.02. The lowest BCUT2D eigenvalue weighted by atomic mass is 9.49. The second-order valence-corrected chi connectivity index (χ2v) is 8.12. The van der Waals surface area contributed by atoms with Gasteiger partial charge in [0.2, 0.25) is 0 Å². The van der Waals surface area contributed by atoms with E-state index in [2.05, 4.69) is 20.8 Å². The number of rotatable bonds is 2. The van der Waals surface area contributed by atoms with Crippen LogP contribution in [0.1, 0.15) is 59.3 Å². The van der Waals surface area contributed by atoms with E-state index in [1.807, 2.05) is 0 Å². The van der Waals surface area contributed by atoms with Gasteiger partial charge in [-0.2, -0.15) is 0 Å². The summed E-state index contributed by atoms with van der Waals surface area (Å²) in [5.74, 6) is 0.630. The van der Waals surface area contributed by atoms with Gasteiger partial charge in [-0.3, -0.25) is 4.79 Å². The summed E-state index contributed by atoms with van der Waals surface area (Å²) >= 11 is 0. The molecule has 0 amide bonds. The monoisotopic (exact) mass is 266 g/mol. The normalized spacial score (nSPS) is 51.5. The molecule has 0 aliphatic heterocycles. The van der Waals surface area contributed by atoms with Crippen molar-refractivity contribution in [3.8, 4) is 0 Å². The van der Waals surface area contributed by atoms with E-state index in [1.165, 1.54) is 6.42 Å². The molecule has 19 heavy (non-hydrogen) atoms. The number of carbonyl (C=O) groups excluding carboxylic acids is 1. The number of ether oxygens (including phenoxy) is 1.